The molecule has 2 atom stereocenters. The van der Waals surface area contributed by atoms with Gasteiger partial charge in [-0.3, -0.25) is 0 Å². The zero-order chi connectivity index (χ0) is 7.44. The van der Waals surface area contributed by atoms with Crippen LogP contribution in [0.15, 0.2) is 0 Å². The molecule has 0 bridgehead atoms. The molecule has 0 aliphatic rings. The summed E-state index contributed by atoms with van der Waals surface area (Å²) in [6.45, 7) is 8.94. The third kappa shape index (κ3) is 3.14. The van der Waals surface area contributed by atoms with Gasteiger partial charge in [0.25, 0.3) is 0 Å². The third-order valence-electron chi connectivity index (χ3n) is 1.95. The van der Waals surface area contributed by atoms with E-state index in [0.29, 0.717) is 5.25 Å². The summed E-state index contributed by atoms with van der Waals surface area (Å²) in [5.74, 6) is 1.57. The van der Waals surface area contributed by atoms with E-state index in [9.17, 15) is 0 Å². The predicted octanol–water partition coefficient (Wildman–Crippen LogP) is 2.99. The van der Waals surface area contributed by atoms with Gasteiger partial charge >= 0.3 is 0 Å². The summed E-state index contributed by atoms with van der Waals surface area (Å²) in [4.78, 5) is 0. The van der Waals surface area contributed by atoms with Gasteiger partial charge in [-0.2, -0.15) is 12.6 Å². The van der Waals surface area contributed by atoms with Gasteiger partial charge < -0.3 is 0 Å². The summed E-state index contributed by atoms with van der Waals surface area (Å²) in [6, 6.07) is 0. The van der Waals surface area contributed by atoms with Gasteiger partial charge in [-0.1, -0.05) is 34.1 Å². The van der Waals surface area contributed by atoms with E-state index in [4.69, 9.17) is 0 Å². The van der Waals surface area contributed by atoms with Crippen LogP contribution in [0, 0.1) is 11.8 Å². The Morgan fingerprint density at radius 2 is 1.67 bits per heavy atom. The van der Waals surface area contributed by atoms with E-state index in [1.165, 1.54) is 6.42 Å². The molecule has 0 N–H and O–H groups in total. The van der Waals surface area contributed by atoms with Crippen molar-refractivity contribution in [1.29, 1.82) is 0 Å². The first kappa shape index (κ1) is 9.35. The lowest BCUT2D eigenvalue weighted by atomic mass is 9.91. The van der Waals surface area contributed by atoms with E-state index in [0.717, 1.165) is 11.8 Å². The van der Waals surface area contributed by atoms with Crippen molar-refractivity contribution >= 4 is 12.6 Å². The topological polar surface area (TPSA) is 0 Å². The molecule has 0 aromatic rings. The molecule has 0 rings (SSSR count). The van der Waals surface area contributed by atoms with E-state index < -0.39 is 0 Å². The first-order valence-corrected chi connectivity index (χ1v) is 4.29. The number of hydrogen-bond donors (Lipinski definition) is 1. The van der Waals surface area contributed by atoms with Crippen molar-refractivity contribution < 1.29 is 0 Å². The summed E-state index contributed by atoms with van der Waals surface area (Å²) < 4.78 is 0. The number of thiol groups is 1. The molecular formula is C8H18S. The minimum absolute atomic E-state index is 0.551. The molecule has 0 nitrogen and oxygen atoms in total. The highest BCUT2D eigenvalue weighted by atomic mass is 32.1. The number of rotatable bonds is 3. The Morgan fingerprint density at radius 3 is 1.67 bits per heavy atom. The van der Waals surface area contributed by atoms with Crippen molar-refractivity contribution in [2.24, 2.45) is 11.8 Å². The van der Waals surface area contributed by atoms with Crippen LogP contribution in [0.3, 0.4) is 0 Å². The molecule has 9 heavy (non-hydrogen) atoms. The molecule has 2 unspecified atom stereocenters. The largest absolute Gasteiger partial charge is 0.176 e. The first-order valence-electron chi connectivity index (χ1n) is 3.77. The van der Waals surface area contributed by atoms with Crippen molar-refractivity contribution in [1.82, 2.24) is 0 Å². The Balaban J connectivity index is 3.68. The fraction of sp³-hybridized carbons (Fsp3) is 1.00. The van der Waals surface area contributed by atoms with Crippen molar-refractivity contribution in [3.63, 3.8) is 0 Å². The van der Waals surface area contributed by atoms with E-state index >= 15 is 0 Å². The van der Waals surface area contributed by atoms with Crippen molar-refractivity contribution in [2.45, 2.75) is 39.4 Å². The van der Waals surface area contributed by atoms with Crippen LogP contribution in [0.2, 0.25) is 0 Å². The summed E-state index contributed by atoms with van der Waals surface area (Å²) in [6.07, 6.45) is 1.25. The molecule has 56 valence electrons. The Morgan fingerprint density at radius 1 is 1.22 bits per heavy atom. The SMILES string of the molecule is CCC(C(C)C)C(C)S. The fourth-order valence-corrected chi connectivity index (χ4v) is 1.92. The standard InChI is InChI=1S/C8H18S/c1-5-8(6(2)3)7(4)9/h6-9H,5H2,1-4H3. The Kier molecular flexibility index (Phi) is 4.37. The second-order valence-electron chi connectivity index (χ2n) is 3.06. The van der Waals surface area contributed by atoms with E-state index in [1.54, 1.807) is 0 Å². The highest BCUT2D eigenvalue weighted by Crippen LogP contribution is 2.22. The lowest BCUT2D eigenvalue weighted by Gasteiger charge is -2.21. The molecule has 0 heterocycles. The van der Waals surface area contributed by atoms with E-state index in [-0.39, 0.29) is 0 Å². The van der Waals surface area contributed by atoms with Crippen LogP contribution < -0.4 is 0 Å². The van der Waals surface area contributed by atoms with Gasteiger partial charge in [0.15, 0.2) is 0 Å². The van der Waals surface area contributed by atoms with Crippen LogP contribution in [0.1, 0.15) is 34.1 Å². The molecule has 0 amide bonds. The predicted molar refractivity (Wildman–Crippen MR) is 47.1 cm³/mol. The zero-order valence-corrected chi connectivity index (χ0v) is 7.78. The van der Waals surface area contributed by atoms with Gasteiger partial charge in [0.2, 0.25) is 0 Å². The average Bonchev–Trinajstić information content (AvgIpc) is 1.64. The molecule has 0 aliphatic carbocycles. The maximum absolute atomic E-state index is 4.41. The maximum atomic E-state index is 4.41. The second kappa shape index (κ2) is 4.21. The maximum Gasteiger partial charge on any atom is 0.00190 e. The van der Waals surface area contributed by atoms with E-state index in [2.05, 4.69) is 40.3 Å². The Hall–Kier alpha value is 0.350. The molecular weight excluding hydrogens is 128 g/mol. The summed E-state index contributed by atoms with van der Waals surface area (Å²) in [5, 5.41) is 0.551. The van der Waals surface area contributed by atoms with Gasteiger partial charge in [0.05, 0.1) is 0 Å². The van der Waals surface area contributed by atoms with Crippen molar-refractivity contribution in [3.05, 3.63) is 0 Å². The van der Waals surface area contributed by atoms with Crippen LogP contribution in [0.5, 0.6) is 0 Å². The molecule has 0 aromatic heterocycles. The minimum atomic E-state index is 0.551. The third-order valence-corrected chi connectivity index (χ3v) is 2.33. The van der Waals surface area contributed by atoms with Gasteiger partial charge in [0, 0.05) is 5.25 Å². The molecule has 0 saturated carbocycles. The minimum Gasteiger partial charge on any atom is -0.176 e. The zero-order valence-electron chi connectivity index (χ0n) is 6.89. The van der Waals surface area contributed by atoms with Crippen molar-refractivity contribution in [2.75, 3.05) is 0 Å². The lowest BCUT2D eigenvalue weighted by molar-refractivity contribution is 0.372. The van der Waals surface area contributed by atoms with Crippen LogP contribution in [-0.2, 0) is 0 Å². The molecule has 0 saturated heterocycles. The summed E-state index contributed by atoms with van der Waals surface area (Å²) in [5.41, 5.74) is 0. The molecule has 0 aliphatic heterocycles. The normalized spacial score (nSPS) is 18.0. The Bertz CT molecular complexity index is 59.0. The van der Waals surface area contributed by atoms with Crippen LogP contribution >= 0.6 is 12.6 Å². The monoisotopic (exact) mass is 146 g/mol. The van der Waals surface area contributed by atoms with Gasteiger partial charge in [-0.25, -0.2) is 0 Å². The quantitative estimate of drug-likeness (QED) is 0.581. The molecule has 0 radical (unpaired) electrons. The van der Waals surface area contributed by atoms with Crippen LogP contribution in [0.4, 0.5) is 0 Å². The first-order chi connectivity index (χ1) is 4.09. The molecule has 0 fully saturated rings. The van der Waals surface area contributed by atoms with E-state index in [1.807, 2.05) is 0 Å². The summed E-state index contributed by atoms with van der Waals surface area (Å²) in [7, 11) is 0. The molecule has 0 aromatic carbocycles. The summed E-state index contributed by atoms with van der Waals surface area (Å²) >= 11 is 4.41. The van der Waals surface area contributed by atoms with Crippen LogP contribution in [0.25, 0.3) is 0 Å². The lowest BCUT2D eigenvalue weighted by Crippen LogP contribution is -2.16. The smallest absolute Gasteiger partial charge is 0.00190 e. The second-order valence-corrected chi connectivity index (χ2v) is 3.87. The highest BCUT2D eigenvalue weighted by Gasteiger charge is 2.14. The van der Waals surface area contributed by atoms with Gasteiger partial charge in [0.1, 0.15) is 0 Å². The number of hydrogen-bond acceptors (Lipinski definition) is 1. The van der Waals surface area contributed by atoms with Crippen molar-refractivity contribution in [3.8, 4) is 0 Å². The molecule has 0 spiro atoms. The highest BCUT2D eigenvalue weighted by molar-refractivity contribution is 7.80. The average molecular weight is 146 g/mol. The van der Waals surface area contributed by atoms with Gasteiger partial charge in [-0.05, 0) is 11.8 Å². The van der Waals surface area contributed by atoms with Gasteiger partial charge in [-0.15, -0.1) is 0 Å². The molecule has 1 heteroatoms. The Labute approximate surface area is 64.4 Å². The van der Waals surface area contributed by atoms with Crippen LogP contribution in [-0.4, -0.2) is 5.25 Å². The fourth-order valence-electron chi connectivity index (χ4n) is 1.37.